The lowest BCUT2D eigenvalue weighted by Gasteiger charge is -2.32. The highest BCUT2D eigenvalue weighted by molar-refractivity contribution is 5.89. The first-order valence-electron chi connectivity index (χ1n) is 8.82. The maximum atomic E-state index is 12.1. The van der Waals surface area contributed by atoms with E-state index in [2.05, 4.69) is 11.6 Å². The molecule has 0 aliphatic carbocycles. The number of ether oxygens (including phenoxy) is 1. The van der Waals surface area contributed by atoms with E-state index in [0.717, 1.165) is 0 Å². The number of carbonyl (C=O) groups excluding carboxylic acids is 1. The molecule has 1 aliphatic rings. The Morgan fingerprint density at radius 3 is 2.52 bits per heavy atom. The number of carbonyl (C=O) groups is 1. The van der Waals surface area contributed by atoms with Crippen molar-refractivity contribution in [2.45, 2.75) is 45.3 Å². The van der Waals surface area contributed by atoms with Crippen LogP contribution in [-0.2, 0) is 4.74 Å². The lowest BCUT2D eigenvalue weighted by Crippen LogP contribution is -2.42. The van der Waals surface area contributed by atoms with Crippen LogP contribution in [0.5, 0.6) is 0 Å². The van der Waals surface area contributed by atoms with Crippen LogP contribution in [0.1, 0.15) is 44.7 Å². The second kappa shape index (κ2) is 8.20. The fraction of sp³-hybridized carbons (Fsp3) is 0.474. The number of aliphatic imine (C=N–C) groups is 1. The van der Waals surface area contributed by atoms with Crippen molar-refractivity contribution in [1.29, 1.82) is 0 Å². The van der Waals surface area contributed by atoms with Gasteiger partial charge >= 0.3 is 6.09 Å². The summed E-state index contributed by atoms with van der Waals surface area (Å²) in [5.41, 5.74) is 6.68. The maximum Gasteiger partial charge on any atom is 0.410 e. The highest BCUT2D eigenvalue weighted by atomic mass is 16.6. The van der Waals surface area contributed by atoms with Gasteiger partial charge in [-0.25, -0.2) is 4.79 Å². The zero-order chi connectivity index (χ0) is 20.2. The minimum Gasteiger partial charge on any atom is -0.444 e. The largest absolute Gasteiger partial charge is 0.444 e. The number of rotatable bonds is 4. The summed E-state index contributed by atoms with van der Waals surface area (Å²) in [7, 11) is 0. The predicted octanol–water partition coefficient (Wildman–Crippen LogP) is 3.64. The topological polar surface area (TPSA) is 111 Å². The molecule has 146 valence electrons. The number of piperidine rings is 1. The summed E-state index contributed by atoms with van der Waals surface area (Å²) >= 11 is 0. The normalized spacial score (nSPS) is 15.7. The van der Waals surface area contributed by atoms with Gasteiger partial charge in [0.15, 0.2) is 0 Å². The van der Waals surface area contributed by atoms with Crippen LogP contribution >= 0.6 is 0 Å². The third kappa shape index (κ3) is 5.54. The quantitative estimate of drug-likeness (QED) is 0.374. The predicted molar refractivity (Wildman–Crippen MR) is 106 cm³/mol. The lowest BCUT2D eigenvalue weighted by atomic mass is 10.0. The van der Waals surface area contributed by atoms with Crippen LogP contribution in [0.3, 0.4) is 0 Å². The molecule has 27 heavy (non-hydrogen) atoms. The van der Waals surface area contributed by atoms with Crippen molar-refractivity contribution in [3.05, 3.63) is 40.0 Å². The highest BCUT2D eigenvalue weighted by Crippen LogP contribution is 2.26. The molecule has 1 saturated heterocycles. The number of likely N-dealkylation sites (tertiary alicyclic amines) is 1. The van der Waals surface area contributed by atoms with Gasteiger partial charge < -0.3 is 15.4 Å². The molecule has 2 rings (SSSR count). The van der Waals surface area contributed by atoms with Crippen molar-refractivity contribution >= 4 is 29.8 Å². The fourth-order valence-corrected chi connectivity index (χ4v) is 2.78. The number of benzene rings is 1. The molecule has 0 bridgehead atoms. The Hall–Kier alpha value is -2.90. The molecule has 1 amide bonds. The molecule has 1 fully saturated rings. The average molecular weight is 374 g/mol. The number of hydrogen-bond acceptors (Lipinski definition) is 6. The summed E-state index contributed by atoms with van der Waals surface area (Å²) in [4.78, 5) is 29.0. The van der Waals surface area contributed by atoms with Gasteiger partial charge in [0.2, 0.25) is 0 Å². The van der Waals surface area contributed by atoms with E-state index in [9.17, 15) is 14.9 Å². The number of nitro groups is 1. The summed E-state index contributed by atoms with van der Waals surface area (Å²) in [6.07, 6.45) is 4.06. The van der Waals surface area contributed by atoms with Gasteiger partial charge in [0.25, 0.3) is 5.69 Å². The van der Waals surface area contributed by atoms with Crippen LogP contribution in [-0.4, -0.2) is 46.9 Å². The van der Waals surface area contributed by atoms with E-state index in [1.54, 1.807) is 11.1 Å². The van der Waals surface area contributed by atoms with Crippen molar-refractivity contribution in [3.63, 3.8) is 0 Å². The number of nitrogens with zero attached hydrogens (tertiary/aromatic N) is 3. The average Bonchev–Trinajstić information content (AvgIpc) is 2.59. The Kier molecular flexibility index (Phi) is 6.20. The summed E-state index contributed by atoms with van der Waals surface area (Å²) < 4.78 is 5.37. The van der Waals surface area contributed by atoms with Crippen molar-refractivity contribution in [2.24, 2.45) is 4.99 Å². The minimum absolute atomic E-state index is 0.0289. The Labute approximate surface area is 158 Å². The van der Waals surface area contributed by atoms with E-state index in [4.69, 9.17) is 10.5 Å². The van der Waals surface area contributed by atoms with E-state index >= 15 is 0 Å². The summed E-state index contributed by atoms with van der Waals surface area (Å²) in [6.45, 7) is 10.2. The Morgan fingerprint density at radius 1 is 1.37 bits per heavy atom. The van der Waals surface area contributed by atoms with Crippen molar-refractivity contribution in [2.75, 3.05) is 18.8 Å². The lowest BCUT2D eigenvalue weighted by molar-refractivity contribution is -0.385. The second-order valence-corrected chi connectivity index (χ2v) is 7.48. The van der Waals surface area contributed by atoms with Crippen LogP contribution in [0.15, 0.2) is 23.7 Å². The fourth-order valence-electron chi connectivity index (χ4n) is 2.78. The number of nitrogens with two attached hydrogens (primary N) is 1. The molecule has 8 heteroatoms. The molecule has 2 N–H and O–H groups in total. The zero-order valence-corrected chi connectivity index (χ0v) is 16.0. The minimum atomic E-state index is -0.518. The first-order valence-corrected chi connectivity index (χ1v) is 8.82. The number of hydrogen-bond donors (Lipinski definition) is 1. The smallest absolute Gasteiger partial charge is 0.410 e. The summed E-state index contributed by atoms with van der Waals surface area (Å²) in [6, 6.07) is 2.96. The van der Waals surface area contributed by atoms with Gasteiger partial charge in [0.05, 0.1) is 16.5 Å². The summed E-state index contributed by atoms with van der Waals surface area (Å²) in [5.74, 6) is 0. The van der Waals surface area contributed by atoms with Crippen LogP contribution in [0, 0.1) is 10.1 Å². The molecule has 0 atom stereocenters. The molecule has 0 spiro atoms. The molecule has 0 saturated carbocycles. The first-order chi connectivity index (χ1) is 12.6. The van der Waals surface area contributed by atoms with Gasteiger partial charge in [-0.15, -0.1) is 0 Å². The molecule has 1 heterocycles. The van der Waals surface area contributed by atoms with Crippen molar-refractivity contribution < 1.29 is 14.5 Å². The van der Waals surface area contributed by atoms with E-state index in [0.29, 0.717) is 42.7 Å². The van der Waals surface area contributed by atoms with Crippen LogP contribution < -0.4 is 5.73 Å². The number of nitro benzene ring substituents is 1. The van der Waals surface area contributed by atoms with Gasteiger partial charge in [-0.3, -0.25) is 15.1 Å². The number of nitrogen functional groups attached to an aromatic ring is 1. The van der Waals surface area contributed by atoms with E-state index in [-0.39, 0.29) is 17.8 Å². The SMILES string of the molecule is C=Cc1cc(N)c(C=NC2CCN(C(=O)OC(C)(C)C)CC2)cc1[N+](=O)[O-]. The maximum absolute atomic E-state index is 12.1. The van der Waals surface area contributed by atoms with Crippen LogP contribution in [0.4, 0.5) is 16.2 Å². The Balaban J connectivity index is 2.02. The highest BCUT2D eigenvalue weighted by Gasteiger charge is 2.26. The second-order valence-electron chi connectivity index (χ2n) is 7.48. The standard InChI is InChI=1S/C19H26N4O4/c1-5-13-10-16(20)14(11-17(13)23(25)26)12-21-15-6-8-22(9-7-15)18(24)27-19(2,3)4/h5,10-12,15H,1,6-9,20H2,2-4H3. The molecule has 1 aromatic rings. The van der Waals surface area contributed by atoms with Gasteiger partial charge in [-0.05, 0) is 39.7 Å². The van der Waals surface area contributed by atoms with Gasteiger partial charge in [-0.2, -0.15) is 0 Å². The van der Waals surface area contributed by atoms with Crippen LogP contribution in [0.25, 0.3) is 6.08 Å². The van der Waals surface area contributed by atoms with Gasteiger partial charge in [-0.1, -0.05) is 12.7 Å². The molecule has 0 aromatic heterocycles. The molecule has 1 aliphatic heterocycles. The van der Waals surface area contributed by atoms with Gasteiger partial charge in [0.1, 0.15) is 5.60 Å². The van der Waals surface area contributed by atoms with Crippen molar-refractivity contribution in [3.8, 4) is 0 Å². The third-order valence-electron chi connectivity index (χ3n) is 4.19. The molecular formula is C19H26N4O4. The number of anilines is 1. The molecular weight excluding hydrogens is 348 g/mol. The molecule has 0 unspecified atom stereocenters. The Bertz CT molecular complexity index is 760. The van der Waals surface area contributed by atoms with Crippen molar-refractivity contribution in [1.82, 2.24) is 4.90 Å². The molecule has 8 nitrogen and oxygen atoms in total. The third-order valence-corrected chi connectivity index (χ3v) is 4.19. The van der Waals surface area contributed by atoms with Gasteiger partial charge in [0, 0.05) is 36.6 Å². The molecule has 1 aromatic carbocycles. The van der Waals surface area contributed by atoms with E-state index < -0.39 is 10.5 Å². The number of amides is 1. The Morgan fingerprint density at radius 2 is 2.00 bits per heavy atom. The van der Waals surface area contributed by atoms with Crippen LogP contribution in [0.2, 0.25) is 0 Å². The zero-order valence-electron chi connectivity index (χ0n) is 16.0. The summed E-state index contributed by atoms with van der Waals surface area (Å²) in [5, 5.41) is 11.2. The first kappa shape index (κ1) is 20.4. The monoisotopic (exact) mass is 374 g/mol. The van der Waals surface area contributed by atoms with E-state index in [1.807, 2.05) is 20.8 Å². The molecule has 0 radical (unpaired) electrons. The van der Waals surface area contributed by atoms with E-state index in [1.165, 1.54) is 18.2 Å².